The highest BCUT2D eigenvalue weighted by Crippen LogP contribution is 2.25. The summed E-state index contributed by atoms with van der Waals surface area (Å²) in [4.78, 5) is 4.02. The second kappa shape index (κ2) is 4.60. The summed E-state index contributed by atoms with van der Waals surface area (Å²) in [6, 6.07) is 1.96. The summed E-state index contributed by atoms with van der Waals surface area (Å²) in [5.41, 5.74) is 0.526. The molecule has 15 heavy (non-hydrogen) atoms. The van der Waals surface area contributed by atoms with Gasteiger partial charge in [0.1, 0.15) is 0 Å². The van der Waals surface area contributed by atoms with Crippen molar-refractivity contribution < 1.29 is 5.11 Å². The Hall–Kier alpha value is -0.450. The van der Waals surface area contributed by atoms with Crippen LogP contribution >= 0.6 is 15.9 Å². The molecule has 1 fully saturated rings. The Bertz CT molecular complexity index is 337. The molecular formula is C11H15BrN2O. The normalized spacial score (nSPS) is 26.5. The van der Waals surface area contributed by atoms with Gasteiger partial charge in [0.05, 0.1) is 5.60 Å². The van der Waals surface area contributed by atoms with E-state index in [-0.39, 0.29) is 0 Å². The Morgan fingerprint density at radius 3 is 3.13 bits per heavy atom. The van der Waals surface area contributed by atoms with E-state index < -0.39 is 5.60 Å². The van der Waals surface area contributed by atoms with Crippen LogP contribution in [-0.2, 0) is 6.42 Å². The summed E-state index contributed by atoms with van der Waals surface area (Å²) in [5.74, 6) is 0. The quantitative estimate of drug-likeness (QED) is 0.856. The van der Waals surface area contributed by atoms with Gasteiger partial charge in [0, 0.05) is 29.8 Å². The maximum absolute atomic E-state index is 10.3. The van der Waals surface area contributed by atoms with Gasteiger partial charge in [-0.15, -0.1) is 0 Å². The minimum absolute atomic E-state index is 0.595. The first kappa shape index (κ1) is 11.0. The van der Waals surface area contributed by atoms with Crippen molar-refractivity contribution in [3.8, 4) is 0 Å². The summed E-state index contributed by atoms with van der Waals surface area (Å²) in [5, 5.41) is 13.6. The average molecular weight is 271 g/mol. The van der Waals surface area contributed by atoms with Gasteiger partial charge in [0.25, 0.3) is 0 Å². The third-order valence-corrected chi connectivity index (χ3v) is 3.54. The van der Waals surface area contributed by atoms with Crippen LogP contribution in [0, 0.1) is 0 Å². The van der Waals surface area contributed by atoms with Gasteiger partial charge in [-0.3, -0.25) is 4.98 Å². The van der Waals surface area contributed by atoms with E-state index in [0.29, 0.717) is 13.0 Å². The van der Waals surface area contributed by atoms with Gasteiger partial charge < -0.3 is 10.4 Å². The van der Waals surface area contributed by atoms with E-state index in [1.807, 2.05) is 6.07 Å². The van der Waals surface area contributed by atoms with E-state index in [9.17, 15) is 5.11 Å². The third-order valence-electron chi connectivity index (χ3n) is 2.83. The SMILES string of the molecule is OC1(Cc2ccncc2Br)CCCNC1. The number of nitrogens with zero attached hydrogens (tertiary/aromatic N) is 1. The molecule has 4 heteroatoms. The number of nitrogens with one attached hydrogen (secondary N) is 1. The van der Waals surface area contributed by atoms with Crippen molar-refractivity contribution in [3.05, 3.63) is 28.5 Å². The largest absolute Gasteiger partial charge is 0.388 e. The molecule has 2 rings (SSSR count). The molecule has 1 aromatic heterocycles. The minimum Gasteiger partial charge on any atom is -0.388 e. The lowest BCUT2D eigenvalue weighted by Gasteiger charge is -2.33. The number of pyridine rings is 1. The first-order valence-corrected chi connectivity index (χ1v) is 6.00. The molecule has 1 aliphatic heterocycles. The molecule has 82 valence electrons. The monoisotopic (exact) mass is 270 g/mol. The number of halogens is 1. The Kier molecular flexibility index (Phi) is 3.38. The van der Waals surface area contributed by atoms with E-state index in [0.717, 1.165) is 29.4 Å². The Morgan fingerprint density at radius 2 is 2.47 bits per heavy atom. The summed E-state index contributed by atoms with van der Waals surface area (Å²) < 4.78 is 0.976. The fourth-order valence-electron chi connectivity index (χ4n) is 2.00. The highest BCUT2D eigenvalue weighted by Gasteiger charge is 2.29. The molecule has 1 saturated heterocycles. The van der Waals surface area contributed by atoms with Crippen molar-refractivity contribution in [1.29, 1.82) is 0 Å². The predicted molar refractivity (Wildman–Crippen MR) is 62.7 cm³/mol. The van der Waals surface area contributed by atoms with Gasteiger partial charge in [-0.05, 0) is 46.9 Å². The first-order valence-electron chi connectivity index (χ1n) is 5.21. The van der Waals surface area contributed by atoms with Crippen LogP contribution in [0.5, 0.6) is 0 Å². The highest BCUT2D eigenvalue weighted by molar-refractivity contribution is 9.10. The van der Waals surface area contributed by atoms with Crippen LogP contribution in [0.4, 0.5) is 0 Å². The molecule has 2 N–H and O–H groups in total. The van der Waals surface area contributed by atoms with Gasteiger partial charge in [0.15, 0.2) is 0 Å². The molecule has 0 aromatic carbocycles. The highest BCUT2D eigenvalue weighted by atomic mass is 79.9. The second-order valence-electron chi connectivity index (χ2n) is 4.15. The molecule has 2 heterocycles. The van der Waals surface area contributed by atoms with Crippen molar-refractivity contribution in [1.82, 2.24) is 10.3 Å². The van der Waals surface area contributed by atoms with E-state index >= 15 is 0 Å². The Morgan fingerprint density at radius 1 is 1.60 bits per heavy atom. The summed E-state index contributed by atoms with van der Waals surface area (Å²) in [7, 11) is 0. The van der Waals surface area contributed by atoms with E-state index in [2.05, 4.69) is 26.2 Å². The van der Waals surface area contributed by atoms with Crippen LogP contribution in [0.2, 0.25) is 0 Å². The fourth-order valence-corrected chi connectivity index (χ4v) is 2.40. The van der Waals surface area contributed by atoms with Crippen LogP contribution in [0.1, 0.15) is 18.4 Å². The van der Waals surface area contributed by atoms with Crippen molar-refractivity contribution in [2.75, 3.05) is 13.1 Å². The zero-order valence-electron chi connectivity index (χ0n) is 8.54. The van der Waals surface area contributed by atoms with Gasteiger partial charge in [0.2, 0.25) is 0 Å². The lowest BCUT2D eigenvalue weighted by Crippen LogP contribution is -2.47. The Balaban J connectivity index is 2.10. The molecule has 0 saturated carbocycles. The number of hydrogen-bond acceptors (Lipinski definition) is 3. The Labute approximate surface area is 98.0 Å². The van der Waals surface area contributed by atoms with E-state index in [1.165, 1.54) is 0 Å². The molecule has 1 aliphatic rings. The molecular weight excluding hydrogens is 256 g/mol. The summed E-state index contributed by atoms with van der Waals surface area (Å²) in [6.07, 6.45) is 6.13. The molecule has 3 nitrogen and oxygen atoms in total. The van der Waals surface area contributed by atoms with Crippen LogP contribution < -0.4 is 5.32 Å². The zero-order valence-corrected chi connectivity index (χ0v) is 10.1. The number of aromatic nitrogens is 1. The topological polar surface area (TPSA) is 45.2 Å². The van der Waals surface area contributed by atoms with Crippen LogP contribution in [0.15, 0.2) is 22.9 Å². The molecule has 1 aromatic rings. The summed E-state index contributed by atoms with van der Waals surface area (Å²) in [6.45, 7) is 1.70. The molecule has 1 unspecified atom stereocenters. The smallest absolute Gasteiger partial charge is 0.0812 e. The molecule has 1 atom stereocenters. The predicted octanol–water partition coefficient (Wildman–Crippen LogP) is 1.50. The van der Waals surface area contributed by atoms with Crippen LogP contribution in [0.25, 0.3) is 0 Å². The number of piperidine rings is 1. The molecule has 0 amide bonds. The number of rotatable bonds is 2. The summed E-state index contributed by atoms with van der Waals surface area (Å²) >= 11 is 3.45. The molecule has 0 aliphatic carbocycles. The number of β-amino-alcohol motifs (C(OH)–C–C–N with tert-alkyl or cyclic N) is 1. The molecule has 0 bridgehead atoms. The van der Waals surface area contributed by atoms with Crippen molar-refractivity contribution in [2.24, 2.45) is 0 Å². The van der Waals surface area contributed by atoms with Crippen molar-refractivity contribution in [3.63, 3.8) is 0 Å². The maximum Gasteiger partial charge on any atom is 0.0812 e. The zero-order chi connectivity index (χ0) is 10.7. The fraction of sp³-hybridized carbons (Fsp3) is 0.545. The third kappa shape index (κ3) is 2.77. The number of aliphatic hydroxyl groups is 1. The van der Waals surface area contributed by atoms with Crippen molar-refractivity contribution in [2.45, 2.75) is 24.9 Å². The molecule has 0 spiro atoms. The van der Waals surface area contributed by atoms with Crippen LogP contribution in [-0.4, -0.2) is 28.8 Å². The number of hydrogen-bond donors (Lipinski definition) is 2. The first-order chi connectivity index (χ1) is 7.20. The lowest BCUT2D eigenvalue weighted by molar-refractivity contribution is 0.0168. The minimum atomic E-state index is -0.595. The van der Waals surface area contributed by atoms with E-state index in [4.69, 9.17) is 0 Å². The van der Waals surface area contributed by atoms with Crippen LogP contribution in [0.3, 0.4) is 0 Å². The van der Waals surface area contributed by atoms with Gasteiger partial charge >= 0.3 is 0 Å². The average Bonchev–Trinajstić information content (AvgIpc) is 2.22. The van der Waals surface area contributed by atoms with Gasteiger partial charge in [-0.2, -0.15) is 0 Å². The molecule has 0 radical (unpaired) electrons. The maximum atomic E-state index is 10.3. The van der Waals surface area contributed by atoms with Crippen molar-refractivity contribution >= 4 is 15.9 Å². The van der Waals surface area contributed by atoms with Gasteiger partial charge in [-0.1, -0.05) is 0 Å². The van der Waals surface area contributed by atoms with Gasteiger partial charge in [-0.25, -0.2) is 0 Å². The standard InChI is InChI=1S/C11H15BrN2O/c12-10-7-13-5-2-9(10)6-11(15)3-1-4-14-8-11/h2,5,7,14-15H,1,3-4,6,8H2. The van der Waals surface area contributed by atoms with E-state index in [1.54, 1.807) is 12.4 Å². The second-order valence-corrected chi connectivity index (χ2v) is 5.00. The lowest BCUT2D eigenvalue weighted by atomic mass is 9.88.